The third kappa shape index (κ3) is 6.06. The van der Waals surface area contributed by atoms with Crippen molar-refractivity contribution in [3.63, 3.8) is 0 Å². The van der Waals surface area contributed by atoms with Crippen LogP contribution in [0.1, 0.15) is 57.7 Å². The minimum atomic E-state index is 0.290. The highest BCUT2D eigenvalue weighted by atomic mass is 16.3. The van der Waals surface area contributed by atoms with Crippen molar-refractivity contribution in [2.45, 2.75) is 53.0 Å². The molecule has 0 amide bonds. The van der Waals surface area contributed by atoms with Gasteiger partial charge in [-0.05, 0) is 49.3 Å². The molecule has 0 aliphatic carbocycles. The molecule has 1 aromatic carbocycles. The van der Waals surface area contributed by atoms with E-state index < -0.39 is 0 Å². The van der Waals surface area contributed by atoms with Crippen LogP contribution in [0.3, 0.4) is 0 Å². The van der Waals surface area contributed by atoms with Crippen LogP contribution in [-0.2, 0) is 6.42 Å². The zero-order valence-electron chi connectivity index (χ0n) is 13.5. The Labute approximate surface area is 124 Å². The summed E-state index contributed by atoms with van der Waals surface area (Å²) in [6, 6.07) is 9.35. The number of nitrogens with one attached hydrogen (secondary N) is 1. The normalized spacial score (nSPS) is 14.5. The fraction of sp³-hybridized carbons (Fsp3) is 0.667. The van der Waals surface area contributed by atoms with Crippen molar-refractivity contribution < 1.29 is 5.11 Å². The Hall–Kier alpha value is -0.860. The third-order valence-electron chi connectivity index (χ3n) is 3.95. The van der Waals surface area contributed by atoms with Gasteiger partial charge in [-0.3, -0.25) is 0 Å². The van der Waals surface area contributed by atoms with Crippen molar-refractivity contribution in [1.29, 1.82) is 0 Å². The van der Waals surface area contributed by atoms with E-state index in [4.69, 9.17) is 5.11 Å². The van der Waals surface area contributed by atoms with Crippen molar-refractivity contribution >= 4 is 0 Å². The molecule has 0 heterocycles. The van der Waals surface area contributed by atoms with E-state index in [0.29, 0.717) is 24.5 Å². The maximum Gasteiger partial charge on any atom is 0.0434 e. The Morgan fingerprint density at radius 1 is 1.10 bits per heavy atom. The van der Waals surface area contributed by atoms with Crippen LogP contribution in [0.5, 0.6) is 0 Å². The topological polar surface area (TPSA) is 32.3 Å². The molecule has 1 rings (SSSR count). The zero-order valence-corrected chi connectivity index (χ0v) is 13.5. The van der Waals surface area contributed by atoms with Gasteiger partial charge in [0.05, 0.1) is 0 Å². The molecule has 0 saturated carbocycles. The molecule has 0 fully saturated rings. The van der Waals surface area contributed by atoms with Gasteiger partial charge in [0.25, 0.3) is 0 Å². The quantitative estimate of drug-likeness (QED) is 0.716. The molecule has 0 radical (unpaired) electrons. The fourth-order valence-electron chi connectivity index (χ4n) is 2.51. The first-order valence-corrected chi connectivity index (χ1v) is 7.99. The lowest BCUT2D eigenvalue weighted by Crippen LogP contribution is -2.26. The first kappa shape index (κ1) is 17.2. The number of aliphatic hydroxyl groups excluding tert-OH is 1. The molecule has 114 valence electrons. The molecule has 0 saturated heterocycles. The van der Waals surface area contributed by atoms with Crippen molar-refractivity contribution in [2.24, 2.45) is 11.8 Å². The third-order valence-corrected chi connectivity index (χ3v) is 3.95. The predicted molar refractivity (Wildman–Crippen MR) is 86.9 cm³/mol. The molecule has 0 spiro atoms. The summed E-state index contributed by atoms with van der Waals surface area (Å²) in [5.74, 6) is 1.28. The van der Waals surface area contributed by atoms with Gasteiger partial charge in [-0.15, -0.1) is 0 Å². The lowest BCUT2D eigenvalue weighted by Gasteiger charge is -2.19. The summed E-state index contributed by atoms with van der Waals surface area (Å²) in [6.45, 7) is 10.2. The van der Waals surface area contributed by atoms with E-state index in [-0.39, 0.29) is 0 Å². The lowest BCUT2D eigenvalue weighted by atomic mass is 9.99. The molecule has 2 unspecified atom stereocenters. The first-order valence-electron chi connectivity index (χ1n) is 7.99. The van der Waals surface area contributed by atoms with Gasteiger partial charge < -0.3 is 10.4 Å². The average Bonchev–Trinajstić information content (AvgIpc) is 2.43. The molecule has 2 atom stereocenters. The maximum atomic E-state index is 9.02. The molecule has 0 bridgehead atoms. The molecule has 0 aliphatic heterocycles. The number of aliphatic hydroxyl groups is 1. The first-order chi connectivity index (χ1) is 9.56. The minimum Gasteiger partial charge on any atom is -0.396 e. The van der Waals surface area contributed by atoms with Gasteiger partial charge >= 0.3 is 0 Å². The number of rotatable bonds is 9. The Balaban J connectivity index is 2.48. The van der Waals surface area contributed by atoms with Crippen LogP contribution in [0.2, 0.25) is 0 Å². The summed E-state index contributed by atoms with van der Waals surface area (Å²) in [5, 5.41) is 12.6. The maximum absolute atomic E-state index is 9.02. The van der Waals surface area contributed by atoms with E-state index in [1.807, 2.05) is 0 Å². The summed E-state index contributed by atoms with van der Waals surface area (Å²) in [6.07, 6.45) is 3.16. The monoisotopic (exact) mass is 277 g/mol. The summed E-state index contributed by atoms with van der Waals surface area (Å²) in [7, 11) is 0. The van der Waals surface area contributed by atoms with E-state index >= 15 is 0 Å². The Morgan fingerprint density at radius 2 is 1.75 bits per heavy atom. The van der Waals surface area contributed by atoms with Crippen LogP contribution in [0, 0.1) is 11.8 Å². The molecule has 0 aliphatic rings. The molecular formula is C18H31NO. The average molecular weight is 277 g/mol. The Morgan fingerprint density at radius 3 is 2.25 bits per heavy atom. The zero-order chi connectivity index (χ0) is 15.0. The summed E-state index contributed by atoms with van der Waals surface area (Å²) >= 11 is 0. The van der Waals surface area contributed by atoms with E-state index in [1.165, 1.54) is 11.1 Å². The Bertz CT molecular complexity index is 358. The van der Waals surface area contributed by atoms with Crippen molar-refractivity contribution in [2.75, 3.05) is 13.2 Å². The smallest absolute Gasteiger partial charge is 0.0434 e. The van der Waals surface area contributed by atoms with Crippen molar-refractivity contribution in [3.05, 3.63) is 35.4 Å². The van der Waals surface area contributed by atoms with Gasteiger partial charge in [0.15, 0.2) is 0 Å². The molecular weight excluding hydrogens is 246 g/mol. The van der Waals surface area contributed by atoms with E-state index in [0.717, 1.165) is 25.8 Å². The minimum absolute atomic E-state index is 0.290. The highest BCUT2D eigenvalue weighted by Crippen LogP contribution is 2.16. The van der Waals surface area contributed by atoms with Gasteiger partial charge in [0.2, 0.25) is 0 Å². The molecule has 2 heteroatoms. The van der Waals surface area contributed by atoms with Gasteiger partial charge in [-0.2, -0.15) is 0 Å². The number of benzene rings is 1. The molecule has 2 nitrogen and oxygen atoms in total. The standard InChI is InChI=1S/C18H31NO/c1-5-16(10-11-20)13-19-15(4)18-8-6-17(7-9-18)12-14(2)3/h6-9,14-16,19-20H,5,10-13H2,1-4H3. The van der Waals surface area contributed by atoms with Crippen LogP contribution in [-0.4, -0.2) is 18.3 Å². The molecule has 0 aromatic heterocycles. The molecule has 2 N–H and O–H groups in total. The molecule has 20 heavy (non-hydrogen) atoms. The van der Waals surface area contributed by atoms with Gasteiger partial charge in [-0.1, -0.05) is 51.5 Å². The van der Waals surface area contributed by atoms with Gasteiger partial charge in [-0.25, -0.2) is 0 Å². The summed E-state index contributed by atoms with van der Waals surface area (Å²) < 4.78 is 0. The second-order valence-corrected chi connectivity index (χ2v) is 6.26. The SMILES string of the molecule is CCC(CCO)CNC(C)c1ccc(CC(C)C)cc1. The van der Waals surface area contributed by atoms with Crippen LogP contribution in [0.25, 0.3) is 0 Å². The summed E-state index contributed by atoms with van der Waals surface area (Å²) in [4.78, 5) is 0. The second-order valence-electron chi connectivity index (χ2n) is 6.26. The van der Waals surface area contributed by atoms with Gasteiger partial charge in [0.1, 0.15) is 0 Å². The number of hydrogen-bond acceptors (Lipinski definition) is 2. The van der Waals surface area contributed by atoms with E-state index in [9.17, 15) is 0 Å². The highest BCUT2D eigenvalue weighted by molar-refractivity contribution is 5.25. The van der Waals surface area contributed by atoms with E-state index in [2.05, 4.69) is 57.3 Å². The number of hydrogen-bond donors (Lipinski definition) is 2. The Kier molecular flexibility index (Phi) is 7.86. The van der Waals surface area contributed by atoms with Crippen molar-refractivity contribution in [1.82, 2.24) is 5.32 Å². The van der Waals surface area contributed by atoms with Crippen LogP contribution >= 0.6 is 0 Å². The van der Waals surface area contributed by atoms with E-state index in [1.54, 1.807) is 0 Å². The van der Waals surface area contributed by atoms with Crippen LogP contribution in [0.4, 0.5) is 0 Å². The summed E-state index contributed by atoms with van der Waals surface area (Å²) in [5.41, 5.74) is 2.76. The van der Waals surface area contributed by atoms with Crippen molar-refractivity contribution in [3.8, 4) is 0 Å². The van der Waals surface area contributed by atoms with Crippen LogP contribution in [0.15, 0.2) is 24.3 Å². The highest BCUT2D eigenvalue weighted by Gasteiger charge is 2.09. The molecule has 1 aromatic rings. The lowest BCUT2D eigenvalue weighted by molar-refractivity contribution is 0.249. The largest absolute Gasteiger partial charge is 0.396 e. The predicted octanol–water partition coefficient (Wildman–Crippen LogP) is 3.94. The van der Waals surface area contributed by atoms with Crippen LogP contribution < -0.4 is 5.32 Å². The van der Waals surface area contributed by atoms with Gasteiger partial charge in [0, 0.05) is 12.6 Å². The fourth-order valence-corrected chi connectivity index (χ4v) is 2.51. The second kappa shape index (κ2) is 9.15.